The Morgan fingerprint density at radius 1 is 1.15 bits per heavy atom. The number of fused-ring (bicyclic) bond motifs is 1. The molecule has 0 aliphatic carbocycles. The van der Waals surface area contributed by atoms with Crippen molar-refractivity contribution in [3.05, 3.63) is 59.2 Å². The molecular weight excluding hydrogens is 244 g/mol. The van der Waals surface area contributed by atoms with Crippen molar-refractivity contribution in [2.75, 3.05) is 23.3 Å². The van der Waals surface area contributed by atoms with E-state index in [1.54, 1.807) is 0 Å². The molecule has 0 spiro atoms. The Labute approximate surface area is 121 Å². The molecule has 3 rings (SSSR count). The highest BCUT2D eigenvalue weighted by molar-refractivity contribution is 5.57. The first-order valence-electron chi connectivity index (χ1n) is 7.43. The van der Waals surface area contributed by atoms with Crippen molar-refractivity contribution >= 4 is 11.4 Å². The number of rotatable bonds is 4. The minimum atomic E-state index is 0.979. The van der Waals surface area contributed by atoms with Gasteiger partial charge in [-0.05, 0) is 55.2 Å². The second-order valence-corrected chi connectivity index (χ2v) is 5.52. The molecule has 2 aromatic rings. The van der Waals surface area contributed by atoms with Crippen LogP contribution in [0, 0.1) is 6.92 Å². The molecule has 0 amide bonds. The second kappa shape index (κ2) is 5.58. The minimum Gasteiger partial charge on any atom is -0.384 e. The molecule has 1 N–H and O–H groups in total. The Morgan fingerprint density at radius 2 is 2.05 bits per heavy atom. The zero-order valence-corrected chi connectivity index (χ0v) is 12.3. The fraction of sp³-hybridized carbons (Fsp3) is 0.333. The summed E-state index contributed by atoms with van der Waals surface area (Å²) in [6.07, 6.45) is 1.15. The number of anilines is 2. The van der Waals surface area contributed by atoms with E-state index in [0.717, 1.165) is 26.1 Å². The van der Waals surface area contributed by atoms with E-state index in [-0.39, 0.29) is 0 Å². The molecule has 0 bridgehead atoms. The van der Waals surface area contributed by atoms with Gasteiger partial charge in [-0.3, -0.25) is 0 Å². The van der Waals surface area contributed by atoms with Crippen LogP contribution in [0.1, 0.15) is 23.6 Å². The van der Waals surface area contributed by atoms with E-state index in [4.69, 9.17) is 0 Å². The summed E-state index contributed by atoms with van der Waals surface area (Å²) in [7, 11) is 0. The Balaban J connectivity index is 1.81. The molecular formula is C18H22N2. The molecule has 20 heavy (non-hydrogen) atoms. The molecule has 0 saturated carbocycles. The lowest BCUT2D eigenvalue weighted by molar-refractivity contribution is 0.830. The number of hydrogen-bond donors (Lipinski definition) is 1. The summed E-state index contributed by atoms with van der Waals surface area (Å²) in [6.45, 7) is 7.45. The Bertz CT molecular complexity index is 604. The SMILES string of the molecule is CCN(Cc1ccc2c(c1)CCN2)c1cccc(C)c1. The maximum atomic E-state index is 3.42. The third-order valence-electron chi connectivity index (χ3n) is 4.00. The van der Waals surface area contributed by atoms with Crippen LogP contribution in [-0.2, 0) is 13.0 Å². The topological polar surface area (TPSA) is 15.3 Å². The largest absolute Gasteiger partial charge is 0.384 e. The molecule has 0 aromatic heterocycles. The average molecular weight is 266 g/mol. The summed E-state index contributed by atoms with van der Waals surface area (Å²) in [5.41, 5.74) is 6.80. The molecule has 1 aliphatic rings. The van der Waals surface area contributed by atoms with Gasteiger partial charge in [-0.1, -0.05) is 24.3 Å². The van der Waals surface area contributed by atoms with Crippen molar-refractivity contribution < 1.29 is 0 Å². The first-order valence-corrected chi connectivity index (χ1v) is 7.43. The molecule has 0 saturated heterocycles. The number of nitrogens with zero attached hydrogens (tertiary/aromatic N) is 1. The van der Waals surface area contributed by atoms with Gasteiger partial charge in [-0.2, -0.15) is 0 Å². The summed E-state index contributed by atoms with van der Waals surface area (Å²) in [6, 6.07) is 15.6. The van der Waals surface area contributed by atoms with Crippen molar-refractivity contribution in [3.63, 3.8) is 0 Å². The molecule has 2 nitrogen and oxygen atoms in total. The van der Waals surface area contributed by atoms with Crippen molar-refractivity contribution in [2.45, 2.75) is 26.8 Å². The van der Waals surface area contributed by atoms with Crippen LogP contribution in [0.5, 0.6) is 0 Å². The van der Waals surface area contributed by atoms with E-state index in [1.165, 1.54) is 28.1 Å². The van der Waals surface area contributed by atoms with Crippen LogP contribution in [0.15, 0.2) is 42.5 Å². The molecule has 2 heteroatoms. The van der Waals surface area contributed by atoms with Crippen LogP contribution in [0.25, 0.3) is 0 Å². The van der Waals surface area contributed by atoms with Crippen LogP contribution in [0.2, 0.25) is 0 Å². The van der Waals surface area contributed by atoms with E-state index in [2.05, 4.69) is 66.5 Å². The highest BCUT2D eigenvalue weighted by atomic mass is 15.1. The maximum Gasteiger partial charge on any atom is 0.0429 e. The van der Waals surface area contributed by atoms with Crippen LogP contribution in [0.3, 0.4) is 0 Å². The Morgan fingerprint density at radius 3 is 2.85 bits per heavy atom. The summed E-state index contributed by atoms with van der Waals surface area (Å²) < 4.78 is 0. The standard InChI is InChI=1S/C18H22N2/c1-3-20(17-6-4-5-14(2)11-17)13-15-7-8-18-16(12-15)9-10-19-18/h4-8,11-12,19H,3,9-10,13H2,1-2H3. The third kappa shape index (κ3) is 2.64. The van der Waals surface area contributed by atoms with Gasteiger partial charge in [0.15, 0.2) is 0 Å². The first-order chi connectivity index (χ1) is 9.76. The van der Waals surface area contributed by atoms with Gasteiger partial charge < -0.3 is 10.2 Å². The van der Waals surface area contributed by atoms with Gasteiger partial charge in [0.05, 0.1) is 0 Å². The van der Waals surface area contributed by atoms with Crippen molar-refractivity contribution in [1.82, 2.24) is 0 Å². The van der Waals surface area contributed by atoms with Crippen LogP contribution in [-0.4, -0.2) is 13.1 Å². The normalized spacial score (nSPS) is 12.9. The average Bonchev–Trinajstić information content (AvgIpc) is 2.92. The highest BCUT2D eigenvalue weighted by Crippen LogP contribution is 2.25. The second-order valence-electron chi connectivity index (χ2n) is 5.52. The first kappa shape index (κ1) is 13.0. The van der Waals surface area contributed by atoms with Crippen molar-refractivity contribution in [1.29, 1.82) is 0 Å². The predicted molar refractivity (Wildman–Crippen MR) is 86.5 cm³/mol. The van der Waals surface area contributed by atoms with E-state index < -0.39 is 0 Å². The van der Waals surface area contributed by atoms with E-state index in [0.29, 0.717) is 0 Å². The van der Waals surface area contributed by atoms with Gasteiger partial charge in [0.25, 0.3) is 0 Å². The lowest BCUT2D eigenvalue weighted by atomic mass is 10.1. The lowest BCUT2D eigenvalue weighted by Crippen LogP contribution is -2.22. The Kier molecular flexibility index (Phi) is 3.64. The molecule has 1 aliphatic heterocycles. The van der Waals surface area contributed by atoms with Crippen LogP contribution < -0.4 is 10.2 Å². The van der Waals surface area contributed by atoms with E-state index >= 15 is 0 Å². The molecule has 2 aromatic carbocycles. The van der Waals surface area contributed by atoms with Gasteiger partial charge in [-0.15, -0.1) is 0 Å². The number of benzene rings is 2. The minimum absolute atomic E-state index is 0.979. The summed E-state index contributed by atoms with van der Waals surface area (Å²) in [5.74, 6) is 0. The van der Waals surface area contributed by atoms with E-state index in [1.807, 2.05) is 0 Å². The molecule has 0 fully saturated rings. The van der Waals surface area contributed by atoms with Gasteiger partial charge in [0, 0.05) is 31.0 Å². The zero-order valence-electron chi connectivity index (χ0n) is 12.3. The quantitative estimate of drug-likeness (QED) is 0.900. The van der Waals surface area contributed by atoms with Gasteiger partial charge >= 0.3 is 0 Å². The summed E-state index contributed by atoms with van der Waals surface area (Å²) >= 11 is 0. The Hall–Kier alpha value is -1.96. The molecule has 104 valence electrons. The van der Waals surface area contributed by atoms with Gasteiger partial charge in [0.2, 0.25) is 0 Å². The van der Waals surface area contributed by atoms with Crippen molar-refractivity contribution in [2.24, 2.45) is 0 Å². The smallest absolute Gasteiger partial charge is 0.0429 e. The summed E-state index contributed by atoms with van der Waals surface area (Å²) in [5, 5.41) is 3.42. The molecule has 0 atom stereocenters. The highest BCUT2D eigenvalue weighted by Gasteiger charge is 2.11. The number of hydrogen-bond acceptors (Lipinski definition) is 2. The van der Waals surface area contributed by atoms with E-state index in [9.17, 15) is 0 Å². The number of nitrogens with one attached hydrogen (secondary N) is 1. The molecule has 0 unspecified atom stereocenters. The lowest BCUT2D eigenvalue weighted by Gasteiger charge is -2.24. The molecule has 0 radical (unpaired) electrons. The maximum absolute atomic E-state index is 3.42. The van der Waals surface area contributed by atoms with Crippen LogP contribution in [0.4, 0.5) is 11.4 Å². The van der Waals surface area contributed by atoms with Gasteiger partial charge in [-0.25, -0.2) is 0 Å². The molecule has 1 heterocycles. The number of aryl methyl sites for hydroxylation is 1. The fourth-order valence-electron chi connectivity index (χ4n) is 2.89. The van der Waals surface area contributed by atoms with Gasteiger partial charge in [0.1, 0.15) is 0 Å². The van der Waals surface area contributed by atoms with Crippen molar-refractivity contribution in [3.8, 4) is 0 Å². The fourth-order valence-corrected chi connectivity index (χ4v) is 2.89. The monoisotopic (exact) mass is 266 g/mol. The van der Waals surface area contributed by atoms with Crippen LogP contribution >= 0.6 is 0 Å². The summed E-state index contributed by atoms with van der Waals surface area (Å²) in [4.78, 5) is 2.43. The predicted octanol–water partition coefficient (Wildman–Crippen LogP) is 3.99. The zero-order chi connectivity index (χ0) is 13.9. The third-order valence-corrected chi connectivity index (χ3v) is 4.00.